The number of hydrogen-bond acceptors (Lipinski definition) is 4. The van der Waals surface area contributed by atoms with Crippen LogP contribution in [0.15, 0.2) is 0 Å². The Morgan fingerprint density at radius 2 is 2.45 bits per heavy atom. The molecule has 1 heterocycles. The van der Waals surface area contributed by atoms with Crippen molar-refractivity contribution in [1.82, 2.24) is 10.2 Å². The number of carbonyl (C=O) groups is 1. The summed E-state index contributed by atoms with van der Waals surface area (Å²) < 4.78 is 0. The van der Waals surface area contributed by atoms with Crippen molar-refractivity contribution < 1.29 is 9.90 Å². The second-order valence-corrected chi connectivity index (χ2v) is 1.78. The molecule has 0 aliphatic carbocycles. The van der Waals surface area contributed by atoms with Gasteiger partial charge in [-0.3, -0.25) is 5.10 Å². The van der Waals surface area contributed by atoms with Gasteiger partial charge in [-0.2, -0.15) is 10.4 Å². The van der Waals surface area contributed by atoms with Gasteiger partial charge in [-0.05, 0) is 0 Å². The number of carboxylic acid groups (broad SMARTS) is 1. The van der Waals surface area contributed by atoms with Gasteiger partial charge in [0.05, 0.1) is 0 Å². The zero-order valence-electron chi connectivity index (χ0n) is 5.33. The molecular formula is C5H4N4O2. The molecule has 0 spiro atoms. The van der Waals surface area contributed by atoms with Gasteiger partial charge in [0, 0.05) is 0 Å². The Kier molecular flexibility index (Phi) is 1.48. The fraction of sp³-hybridized carbons (Fsp3) is 0. The van der Waals surface area contributed by atoms with E-state index in [-0.39, 0.29) is 17.1 Å². The van der Waals surface area contributed by atoms with Crippen LogP contribution in [-0.2, 0) is 0 Å². The number of nitriles is 1. The highest BCUT2D eigenvalue weighted by molar-refractivity contribution is 5.90. The van der Waals surface area contributed by atoms with E-state index in [0.29, 0.717) is 0 Å². The SMILES string of the molecule is N#Cc1c(N)n[nH]c1C(=O)O. The largest absolute Gasteiger partial charge is 0.476 e. The van der Waals surface area contributed by atoms with Crippen LogP contribution < -0.4 is 5.73 Å². The molecule has 0 aromatic carbocycles. The van der Waals surface area contributed by atoms with Gasteiger partial charge in [0.15, 0.2) is 11.5 Å². The molecule has 0 bridgehead atoms. The van der Waals surface area contributed by atoms with E-state index in [9.17, 15) is 4.79 Å². The second kappa shape index (κ2) is 2.30. The van der Waals surface area contributed by atoms with E-state index in [1.807, 2.05) is 0 Å². The second-order valence-electron chi connectivity index (χ2n) is 1.78. The van der Waals surface area contributed by atoms with Gasteiger partial charge < -0.3 is 10.8 Å². The van der Waals surface area contributed by atoms with Gasteiger partial charge in [0.25, 0.3) is 0 Å². The zero-order chi connectivity index (χ0) is 8.43. The van der Waals surface area contributed by atoms with Crippen molar-refractivity contribution in [1.29, 1.82) is 5.26 Å². The molecule has 0 saturated heterocycles. The van der Waals surface area contributed by atoms with Crippen LogP contribution in [0.3, 0.4) is 0 Å². The highest BCUT2D eigenvalue weighted by atomic mass is 16.4. The summed E-state index contributed by atoms with van der Waals surface area (Å²) in [6, 6.07) is 1.63. The van der Waals surface area contributed by atoms with Crippen molar-refractivity contribution in [2.24, 2.45) is 0 Å². The Labute approximate surface area is 61.2 Å². The van der Waals surface area contributed by atoms with Crippen molar-refractivity contribution in [3.05, 3.63) is 11.3 Å². The predicted octanol–water partition coefficient (Wildman–Crippen LogP) is -0.438. The molecule has 56 valence electrons. The van der Waals surface area contributed by atoms with Crippen LogP contribution in [0, 0.1) is 11.3 Å². The van der Waals surface area contributed by atoms with Gasteiger partial charge in [-0.1, -0.05) is 0 Å². The summed E-state index contributed by atoms with van der Waals surface area (Å²) in [7, 11) is 0. The lowest BCUT2D eigenvalue weighted by Gasteiger charge is -1.85. The number of rotatable bonds is 1. The van der Waals surface area contributed by atoms with Crippen molar-refractivity contribution >= 4 is 11.8 Å². The van der Waals surface area contributed by atoms with Crippen molar-refractivity contribution in [2.45, 2.75) is 0 Å². The minimum atomic E-state index is -1.24. The van der Waals surface area contributed by atoms with E-state index in [4.69, 9.17) is 16.1 Å². The van der Waals surface area contributed by atoms with Crippen LogP contribution >= 0.6 is 0 Å². The minimum Gasteiger partial charge on any atom is -0.476 e. The summed E-state index contributed by atoms with van der Waals surface area (Å²) in [5.74, 6) is -1.34. The van der Waals surface area contributed by atoms with E-state index >= 15 is 0 Å². The van der Waals surface area contributed by atoms with E-state index in [2.05, 4.69) is 10.2 Å². The third-order valence-corrected chi connectivity index (χ3v) is 1.12. The maximum Gasteiger partial charge on any atom is 0.355 e. The Bertz CT molecular complexity index is 335. The monoisotopic (exact) mass is 152 g/mol. The number of nitrogen functional groups attached to an aromatic ring is 1. The summed E-state index contributed by atoms with van der Waals surface area (Å²) in [5.41, 5.74) is 4.76. The molecule has 0 atom stereocenters. The lowest BCUT2D eigenvalue weighted by atomic mass is 10.2. The maximum absolute atomic E-state index is 10.3. The lowest BCUT2D eigenvalue weighted by molar-refractivity contribution is 0.0690. The summed E-state index contributed by atoms with van der Waals surface area (Å²) in [6.07, 6.45) is 0. The Morgan fingerprint density at radius 1 is 1.82 bits per heavy atom. The van der Waals surface area contributed by atoms with Crippen molar-refractivity contribution in [3.8, 4) is 6.07 Å². The number of aromatic carboxylic acids is 1. The summed E-state index contributed by atoms with van der Waals surface area (Å²) >= 11 is 0. The number of nitrogens with two attached hydrogens (primary N) is 1. The first-order valence-corrected chi connectivity index (χ1v) is 2.64. The molecule has 6 heteroatoms. The van der Waals surface area contributed by atoms with Gasteiger partial charge in [0.2, 0.25) is 0 Å². The number of H-pyrrole nitrogens is 1. The summed E-state index contributed by atoms with van der Waals surface area (Å²) in [6.45, 7) is 0. The van der Waals surface area contributed by atoms with Crippen LogP contribution in [0.1, 0.15) is 16.1 Å². The Balaban J connectivity index is 3.30. The number of hydrogen-bond donors (Lipinski definition) is 3. The molecule has 1 aromatic rings. The number of aromatic amines is 1. The number of anilines is 1. The number of nitrogens with one attached hydrogen (secondary N) is 1. The molecular weight excluding hydrogens is 148 g/mol. The van der Waals surface area contributed by atoms with E-state index < -0.39 is 5.97 Å². The number of aromatic nitrogens is 2. The van der Waals surface area contributed by atoms with Crippen LogP contribution in [0.4, 0.5) is 5.82 Å². The van der Waals surface area contributed by atoms with Crippen molar-refractivity contribution in [3.63, 3.8) is 0 Å². The minimum absolute atomic E-state index is 0.0927. The summed E-state index contributed by atoms with van der Waals surface area (Å²) in [4.78, 5) is 10.3. The van der Waals surface area contributed by atoms with Crippen LogP contribution in [0.2, 0.25) is 0 Å². The molecule has 0 unspecified atom stereocenters. The quantitative estimate of drug-likeness (QED) is 0.504. The lowest BCUT2D eigenvalue weighted by Crippen LogP contribution is -1.99. The maximum atomic E-state index is 10.3. The van der Waals surface area contributed by atoms with Gasteiger partial charge in [0.1, 0.15) is 11.6 Å². The highest BCUT2D eigenvalue weighted by Crippen LogP contribution is 2.10. The molecule has 1 aromatic heterocycles. The number of carboxylic acids is 1. The fourth-order valence-electron chi connectivity index (χ4n) is 0.624. The first kappa shape index (κ1) is 7.08. The zero-order valence-corrected chi connectivity index (χ0v) is 5.33. The first-order valence-electron chi connectivity index (χ1n) is 2.64. The standard InChI is InChI=1S/C5H4N4O2/c6-1-2-3(5(10)11)8-9-4(2)7/h(H,10,11)(H3,7,8,9). The molecule has 0 saturated carbocycles. The molecule has 0 aliphatic rings. The Hall–Kier alpha value is -2.03. The third-order valence-electron chi connectivity index (χ3n) is 1.12. The Morgan fingerprint density at radius 3 is 2.82 bits per heavy atom. The molecule has 0 fully saturated rings. The average molecular weight is 152 g/mol. The first-order chi connectivity index (χ1) is 5.16. The molecule has 4 N–H and O–H groups in total. The molecule has 11 heavy (non-hydrogen) atoms. The molecule has 1 rings (SSSR count). The van der Waals surface area contributed by atoms with Crippen LogP contribution in [-0.4, -0.2) is 21.3 Å². The van der Waals surface area contributed by atoms with E-state index in [0.717, 1.165) is 0 Å². The van der Waals surface area contributed by atoms with Gasteiger partial charge in [-0.25, -0.2) is 4.79 Å². The van der Waals surface area contributed by atoms with Gasteiger partial charge in [-0.15, -0.1) is 0 Å². The summed E-state index contributed by atoms with van der Waals surface area (Å²) in [5, 5.41) is 22.3. The average Bonchev–Trinajstić information content (AvgIpc) is 2.30. The molecule has 0 radical (unpaired) electrons. The smallest absolute Gasteiger partial charge is 0.355 e. The third kappa shape index (κ3) is 0.986. The fourth-order valence-corrected chi connectivity index (χ4v) is 0.624. The molecule has 6 nitrogen and oxygen atoms in total. The normalized spacial score (nSPS) is 9.00. The van der Waals surface area contributed by atoms with Crippen LogP contribution in [0.25, 0.3) is 0 Å². The van der Waals surface area contributed by atoms with Crippen LogP contribution in [0.5, 0.6) is 0 Å². The van der Waals surface area contributed by atoms with Crippen molar-refractivity contribution in [2.75, 3.05) is 5.73 Å². The van der Waals surface area contributed by atoms with Gasteiger partial charge >= 0.3 is 5.97 Å². The van der Waals surface area contributed by atoms with E-state index in [1.54, 1.807) is 6.07 Å². The molecule has 0 amide bonds. The molecule has 0 aliphatic heterocycles. The number of nitrogens with zero attached hydrogens (tertiary/aromatic N) is 2. The van der Waals surface area contributed by atoms with E-state index in [1.165, 1.54) is 0 Å². The highest BCUT2D eigenvalue weighted by Gasteiger charge is 2.15. The topological polar surface area (TPSA) is 116 Å². The predicted molar refractivity (Wildman–Crippen MR) is 34.7 cm³/mol.